The SMILES string of the molecule is COC1CC=CC=C1C=O. The molecule has 0 spiro atoms. The summed E-state index contributed by atoms with van der Waals surface area (Å²) in [6, 6.07) is 0. The molecule has 54 valence electrons. The average Bonchev–Trinajstić information content (AvgIpc) is 2.04. The lowest BCUT2D eigenvalue weighted by Gasteiger charge is -2.14. The minimum absolute atomic E-state index is 0.0255. The predicted octanol–water partition coefficient (Wildman–Crippen LogP) is 1.09. The smallest absolute Gasteiger partial charge is 0.148 e. The van der Waals surface area contributed by atoms with E-state index in [4.69, 9.17) is 4.74 Å². The van der Waals surface area contributed by atoms with E-state index in [-0.39, 0.29) is 6.10 Å². The number of aldehydes is 1. The number of allylic oxidation sites excluding steroid dienone is 2. The molecule has 1 rings (SSSR count). The molecular formula is C8H10O2. The van der Waals surface area contributed by atoms with E-state index in [1.54, 1.807) is 13.2 Å². The molecule has 2 heteroatoms. The normalized spacial score (nSPS) is 24.1. The highest BCUT2D eigenvalue weighted by atomic mass is 16.5. The van der Waals surface area contributed by atoms with Gasteiger partial charge in [0.2, 0.25) is 0 Å². The molecule has 0 aromatic heterocycles. The van der Waals surface area contributed by atoms with Gasteiger partial charge < -0.3 is 4.74 Å². The summed E-state index contributed by atoms with van der Waals surface area (Å²) in [5.41, 5.74) is 0.727. The third kappa shape index (κ3) is 1.33. The van der Waals surface area contributed by atoms with Gasteiger partial charge in [-0.1, -0.05) is 18.2 Å². The molecule has 0 fully saturated rings. The van der Waals surface area contributed by atoms with Gasteiger partial charge in [-0.25, -0.2) is 0 Å². The van der Waals surface area contributed by atoms with Crippen LogP contribution in [0.5, 0.6) is 0 Å². The second kappa shape index (κ2) is 3.32. The van der Waals surface area contributed by atoms with Gasteiger partial charge in [0.15, 0.2) is 0 Å². The van der Waals surface area contributed by atoms with E-state index in [1.165, 1.54) is 0 Å². The summed E-state index contributed by atoms with van der Waals surface area (Å²) in [6.45, 7) is 0. The second-order valence-electron chi connectivity index (χ2n) is 2.17. The third-order valence-corrected chi connectivity index (χ3v) is 1.57. The Hall–Kier alpha value is -0.890. The lowest BCUT2D eigenvalue weighted by Crippen LogP contribution is -2.15. The molecule has 1 aliphatic carbocycles. The van der Waals surface area contributed by atoms with Gasteiger partial charge in [0, 0.05) is 12.7 Å². The lowest BCUT2D eigenvalue weighted by molar-refractivity contribution is -0.106. The maximum atomic E-state index is 10.3. The van der Waals surface area contributed by atoms with E-state index < -0.39 is 0 Å². The molecule has 0 aliphatic heterocycles. The molecule has 0 radical (unpaired) electrons. The van der Waals surface area contributed by atoms with E-state index >= 15 is 0 Å². The van der Waals surface area contributed by atoms with Gasteiger partial charge in [0.05, 0.1) is 6.10 Å². The maximum Gasteiger partial charge on any atom is 0.148 e. The Labute approximate surface area is 60.2 Å². The Morgan fingerprint density at radius 1 is 1.80 bits per heavy atom. The van der Waals surface area contributed by atoms with Crippen LogP contribution in [-0.4, -0.2) is 19.5 Å². The molecule has 1 unspecified atom stereocenters. The molecule has 0 bridgehead atoms. The number of rotatable bonds is 2. The van der Waals surface area contributed by atoms with Crippen molar-refractivity contribution in [1.29, 1.82) is 0 Å². The molecule has 0 aromatic carbocycles. The van der Waals surface area contributed by atoms with Gasteiger partial charge in [-0.2, -0.15) is 0 Å². The van der Waals surface area contributed by atoms with Crippen molar-refractivity contribution in [2.45, 2.75) is 12.5 Å². The summed E-state index contributed by atoms with van der Waals surface area (Å²) in [6.07, 6.45) is 7.27. The highest BCUT2D eigenvalue weighted by molar-refractivity contribution is 5.75. The van der Waals surface area contributed by atoms with Gasteiger partial charge in [-0.05, 0) is 6.42 Å². The van der Waals surface area contributed by atoms with Crippen LogP contribution in [0.3, 0.4) is 0 Å². The molecular weight excluding hydrogens is 128 g/mol. The van der Waals surface area contributed by atoms with Crippen LogP contribution in [-0.2, 0) is 9.53 Å². The highest BCUT2D eigenvalue weighted by Crippen LogP contribution is 2.13. The number of carbonyl (C=O) groups is 1. The van der Waals surface area contributed by atoms with Crippen molar-refractivity contribution in [3.05, 3.63) is 23.8 Å². The van der Waals surface area contributed by atoms with E-state index in [0.717, 1.165) is 18.3 Å². The quantitative estimate of drug-likeness (QED) is 0.534. The third-order valence-electron chi connectivity index (χ3n) is 1.57. The Bertz CT molecular complexity index is 180. The van der Waals surface area contributed by atoms with E-state index in [9.17, 15) is 4.79 Å². The van der Waals surface area contributed by atoms with Gasteiger partial charge in [0.25, 0.3) is 0 Å². The maximum absolute atomic E-state index is 10.3. The first-order chi connectivity index (χ1) is 4.88. The molecule has 0 saturated heterocycles. The highest BCUT2D eigenvalue weighted by Gasteiger charge is 2.12. The van der Waals surface area contributed by atoms with Gasteiger partial charge in [-0.15, -0.1) is 0 Å². The van der Waals surface area contributed by atoms with Crippen LogP contribution in [0.25, 0.3) is 0 Å². The number of ether oxygens (including phenoxy) is 1. The van der Waals surface area contributed by atoms with E-state index in [2.05, 4.69) is 0 Å². The summed E-state index contributed by atoms with van der Waals surface area (Å²) in [4.78, 5) is 10.3. The molecule has 0 heterocycles. The van der Waals surface area contributed by atoms with Crippen LogP contribution in [0.15, 0.2) is 23.8 Å². The van der Waals surface area contributed by atoms with Crippen LogP contribution in [0.4, 0.5) is 0 Å². The number of carbonyl (C=O) groups excluding carboxylic acids is 1. The van der Waals surface area contributed by atoms with Gasteiger partial charge in [0.1, 0.15) is 6.29 Å². The van der Waals surface area contributed by atoms with Crippen LogP contribution < -0.4 is 0 Å². The van der Waals surface area contributed by atoms with Crippen LogP contribution in [0, 0.1) is 0 Å². The zero-order chi connectivity index (χ0) is 7.40. The molecule has 1 aliphatic rings. The van der Waals surface area contributed by atoms with Crippen molar-refractivity contribution in [2.75, 3.05) is 7.11 Å². The Morgan fingerprint density at radius 2 is 2.60 bits per heavy atom. The zero-order valence-corrected chi connectivity index (χ0v) is 5.91. The monoisotopic (exact) mass is 138 g/mol. The summed E-state index contributed by atoms with van der Waals surface area (Å²) >= 11 is 0. The zero-order valence-electron chi connectivity index (χ0n) is 5.91. The first-order valence-corrected chi connectivity index (χ1v) is 3.23. The molecule has 0 saturated carbocycles. The standard InChI is InChI=1S/C8H10O2/c1-10-8-5-3-2-4-7(8)6-9/h2-4,6,8H,5H2,1H3. The van der Waals surface area contributed by atoms with E-state index in [1.807, 2.05) is 12.2 Å². The lowest BCUT2D eigenvalue weighted by atomic mass is 10.0. The topological polar surface area (TPSA) is 26.3 Å². The summed E-state index contributed by atoms with van der Waals surface area (Å²) in [7, 11) is 1.61. The fraction of sp³-hybridized carbons (Fsp3) is 0.375. The minimum atomic E-state index is -0.0255. The Morgan fingerprint density at radius 3 is 3.10 bits per heavy atom. The molecule has 2 nitrogen and oxygen atoms in total. The van der Waals surface area contributed by atoms with Crippen molar-refractivity contribution < 1.29 is 9.53 Å². The predicted molar refractivity (Wildman–Crippen MR) is 38.7 cm³/mol. The molecule has 0 amide bonds. The van der Waals surface area contributed by atoms with Crippen molar-refractivity contribution in [3.63, 3.8) is 0 Å². The van der Waals surface area contributed by atoms with Crippen molar-refractivity contribution in [2.24, 2.45) is 0 Å². The largest absolute Gasteiger partial charge is 0.376 e. The van der Waals surface area contributed by atoms with Gasteiger partial charge >= 0.3 is 0 Å². The minimum Gasteiger partial charge on any atom is -0.376 e. The average molecular weight is 138 g/mol. The summed E-state index contributed by atoms with van der Waals surface area (Å²) in [5.74, 6) is 0. The number of hydrogen-bond donors (Lipinski definition) is 0. The fourth-order valence-electron chi connectivity index (χ4n) is 0.972. The van der Waals surface area contributed by atoms with E-state index in [0.29, 0.717) is 0 Å². The van der Waals surface area contributed by atoms with Crippen LogP contribution in [0.1, 0.15) is 6.42 Å². The van der Waals surface area contributed by atoms with Crippen molar-refractivity contribution in [3.8, 4) is 0 Å². The first kappa shape index (κ1) is 7.22. The van der Waals surface area contributed by atoms with Crippen molar-refractivity contribution in [1.82, 2.24) is 0 Å². The number of methoxy groups -OCH3 is 1. The molecule has 1 atom stereocenters. The Balaban J connectivity index is 2.70. The van der Waals surface area contributed by atoms with Crippen LogP contribution in [0.2, 0.25) is 0 Å². The summed E-state index contributed by atoms with van der Waals surface area (Å²) in [5, 5.41) is 0. The first-order valence-electron chi connectivity index (χ1n) is 3.23. The van der Waals surface area contributed by atoms with Crippen LogP contribution >= 0.6 is 0 Å². The molecule has 10 heavy (non-hydrogen) atoms. The Kier molecular flexibility index (Phi) is 2.40. The molecule has 0 N–H and O–H groups in total. The number of hydrogen-bond acceptors (Lipinski definition) is 2. The van der Waals surface area contributed by atoms with Crippen molar-refractivity contribution >= 4 is 6.29 Å². The fourth-order valence-corrected chi connectivity index (χ4v) is 0.972. The summed E-state index contributed by atoms with van der Waals surface area (Å²) < 4.78 is 5.04. The van der Waals surface area contributed by atoms with Gasteiger partial charge in [-0.3, -0.25) is 4.79 Å². The molecule has 0 aromatic rings. The second-order valence-corrected chi connectivity index (χ2v) is 2.17.